The maximum atomic E-state index is 12.6. The molecule has 17 heteroatoms. The molecular formula is C38H58FN8O8+. The molecule has 2 N–H and O–H groups in total. The van der Waals surface area contributed by atoms with Gasteiger partial charge in [0.2, 0.25) is 5.69 Å². The number of rotatable bonds is 6. The lowest BCUT2D eigenvalue weighted by Gasteiger charge is -2.40. The summed E-state index contributed by atoms with van der Waals surface area (Å²) in [7, 11) is 1.65. The maximum Gasteiger partial charge on any atom is 0.411 e. The molecule has 0 aliphatic carbocycles. The molecule has 3 aromatic rings. The standard InChI is InChI=1S/C22H30N4O4.C15H24N4O4.CH3F/c1-16-13-19(23-26(16)14-17-9-7-6-8-10-17)24-11-12-25(18(15-24)20(27)29-5)21(28)30-22(2,3)4;1-10-8-12(17-16-10)18-6-7-19(11(9-18)13(20)22-5)14(21)23-15(2,3)4;1-2/h6-10,13,18H,11-12,14-15H2,1-5H3;8,11H,6-7,9H2,1-5H3,(H,16,17);1H3/p+1/t18-;11-;/m00./s1/i;;1D. The van der Waals surface area contributed by atoms with Crippen LogP contribution in [0.1, 0.15) is 59.9 Å². The van der Waals surface area contributed by atoms with E-state index in [1.54, 1.807) is 20.8 Å². The fourth-order valence-corrected chi connectivity index (χ4v) is 5.94. The van der Waals surface area contributed by atoms with Crippen LogP contribution in [0.2, 0.25) is 0 Å². The molecule has 1 aromatic carbocycles. The molecule has 2 fully saturated rings. The van der Waals surface area contributed by atoms with Crippen molar-refractivity contribution in [3.8, 4) is 0 Å². The van der Waals surface area contributed by atoms with Crippen molar-refractivity contribution in [2.45, 2.75) is 85.2 Å². The van der Waals surface area contributed by atoms with Crippen molar-refractivity contribution in [2.75, 3.05) is 70.4 Å². The number of methoxy groups -OCH3 is 2. The van der Waals surface area contributed by atoms with E-state index in [1.807, 2.05) is 63.8 Å². The minimum Gasteiger partial charge on any atom is -0.467 e. The first-order chi connectivity index (χ1) is 26.3. The van der Waals surface area contributed by atoms with Gasteiger partial charge in [-0.1, -0.05) is 30.3 Å². The van der Waals surface area contributed by atoms with Crippen LogP contribution in [0.5, 0.6) is 0 Å². The lowest BCUT2D eigenvalue weighted by molar-refractivity contribution is -0.746. The number of aryl methyl sites for hydroxylation is 2. The number of hydrogen-bond acceptors (Lipinski definition) is 11. The Kier molecular flexibility index (Phi) is 14.9. The van der Waals surface area contributed by atoms with Crippen LogP contribution in [0.25, 0.3) is 0 Å². The lowest BCUT2D eigenvalue weighted by atomic mass is 10.1. The van der Waals surface area contributed by atoms with Gasteiger partial charge >= 0.3 is 24.1 Å². The third-order valence-corrected chi connectivity index (χ3v) is 8.52. The first-order valence-corrected chi connectivity index (χ1v) is 18.0. The van der Waals surface area contributed by atoms with Gasteiger partial charge in [0.1, 0.15) is 11.2 Å². The lowest BCUT2D eigenvalue weighted by Crippen LogP contribution is -2.59. The summed E-state index contributed by atoms with van der Waals surface area (Å²) >= 11 is 0. The Bertz CT molecular complexity index is 1740. The van der Waals surface area contributed by atoms with Crippen LogP contribution in [-0.2, 0) is 35.1 Å². The molecule has 2 atom stereocenters. The third kappa shape index (κ3) is 12.6. The predicted octanol–water partition coefficient (Wildman–Crippen LogP) is 4.16. The monoisotopic (exact) mass is 774 g/mol. The molecule has 0 saturated carbocycles. The number of benzene rings is 1. The number of piperazine rings is 2. The summed E-state index contributed by atoms with van der Waals surface area (Å²) in [5, 5.41) is 10.5. The number of nitrogens with zero attached hydrogens (tertiary/aromatic N) is 6. The molecule has 16 nitrogen and oxygen atoms in total. The number of halogens is 1. The van der Waals surface area contributed by atoms with E-state index < -0.39 is 54.6 Å². The molecule has 5 rings (SSSR count). The van der Waals surface area contributed by atoms with Gasteiger partial charge in [-0.3, -0.25) is 19.3 Å². The zero-order chi connectivity index (χ0) is 41.8. The number of amides is 2. The van der Waals surface area contributed by atoms with E-state index in [1.165, 1.54) is 29.6 Å². The molecule has 304 valence electrons. The van der Waals surface area contributed by atoms with Crippen LogP contribution in [0.15, 0.2) is 42.5 Å². The number of hydrogen-bond donors (Lipinski definition) is 2. The van der Waals surface area contributed by atoms with E-state index in [2.05, 4.69) is 43.1 Å². The SMILES string of the molecule is COC(=O)[C@@H]1CN(c2cc(C)[n+](Cc3ccccc3)[nH]2)CCN1C(=O)OC(C)(C)C.COC(=O)[C@@H]1CN(c2cc(C)[nH]n2)CCN1C(=O)OC(C)(C)C.[2H]CF. The van der Waals surface area contributed by atoms with Crippen LogP contribution < -0.4 is 14.5 Å². The number of esters is 2. The first kappa shape index (κ1) is 42.4. The van der Waals surface area contributed by atoms with E-state index >= 15 is 0 Å². The summed E-state index contributed by atoms with van der Waals surface area (Å²) in [5.41, 5.74) is 1.96. The topological polar surface area (TPSA) is 167 Å². The van der Waals surface area contributed by atoms with Crippen molar-refractivity contribution in [2.24, 2.45) is 0 Å². The molecule has 0 spiro atoms. The number of alkyl halides is 1. The Morgan fingerprint density at radius 3 is 1.78 bits per heavy atom. The smallest absolute Gasteiger partial charge is 0.411 e. The summed E-state index contributed by atoms with van der Waals surface area (Å²) in [5.74, 6) is 0.736. The van der Waals surface area contributed by atoms with Crippen LogP contribution in [-0.4, -0.2) is 133 Å². The Morgan fingerprint density at radius 2 is 1.33 bits per heavy atom. The average Bonchev–Trinajstić information content (AvgIpc) is 3.74. The van der Waals surface area contributed by atoms with Gasteiger partial charge in [0.05, 0.1) is 41.9 Å². The predicted molar refractivity (Wildman–Crippen MR) is 204 cm³/mol. The van der Waals surface area contributed by atoms with E-state index in [4.69, 9.17) is 20.3 Å². The molecule has 2 aromatic heterocycles. The number of carbonyl (C=O) groups is 4. The van der Waals surface area contributed by atoms with E-state index in [9.17, 15) is 23.6 Å². The molecule has 2 saturated heterocycles. The first-order valence-electron chi connectivity index (χ1n) is 18.7. The molecule has 0 unspecified atom stereocenters. The third-order valence-electron chi connectivity index (χ3n) is 8.52. The summed E-state index contributed by atoms with van der Waals surface area (Å²) in [6.45, 7) is 18.0. The highest BCUT2D eigenvalue weighted by molar-refractivity contribution is 5.83. The van der Waals surface area contributed by atoms with Crippen molar-refractivity contribution in [3.05, 3.63) is 59.4 Å². The fourth-order valence-electron chi connectivity index (χ4n) is 5.94. The van der Waals surface area contributed by atoms with E-state index in [-0.39, 0.29) is 0 Å². The second-order valence-corrected chi connectivity index (χ2v) is 15.1. The second kappa shape index (κ2) is 19.3. The largest absolute Gasteiger partial charge is 0.467 e. The number of carbonyl (C=O) groups excluding carboxylic acids is 4. The van der Waals surface area contributed by atoms with Crippen LogP contribution in [0.3, 0.4) is 0 Å². The van der Waals surface area contributed by atoms with Gasteiger partial charge in [-0.25, -0.2) is 19.2 Å². The molecule has 55 heavy (non-hydrogen) atoms. The van der Waals surface area contributed by atoms with Crippen LogP contribution >= 0.6 is 0 Å². The van der Waals surface area contributed by atoms with Crippen molar-refractivity contribution in [3.63, 3.8) is 0 Å². The minimum absolute atomic E-state index is 0.316. The van der Waals surface area contributed by atoms with Crippen molar-refractivity contribution in [1.82, 2.24) is 25.1 Å². The summed E-state index contributed by atoms with van der Waals surface area (Å²) in [6, 6.07) is 12.7. The number of aromatic nitrogens is 4. The number of ether oxygens (including phenoxy) is 4. The van der Waals surface area contributed by atoms with Crippen LogP contribution in [0.4, 0.5) is 25.6 Å². The fraction of sp³-hybridized carbons (Fsp3) is 0.579. The van der Waals surface area contributed by atoms with E-state index in [0.29, 0.717) is 39.3 Å². The van der Waals surface area contributed by atoms with Gasteiger partial charge in [0, 0.05) is 50.4 Å². The Labute approximate surface area is 324 Å². The zero-order valence-electron chi connectivity index (χ0n) is 34.7. The number of aromatic amines is 2. The minimum atomic E-state index is -1.00. The highest BCUT2D eigenvalue weighted by Gasteiger charge is 2.40. The van der Waals surface area contributed by atoms with Gasteiger partial charge in [0.25, 0.3) is 0 Å². The van der Waals surface area contributed by atoms with Crippen molar-refractivity contribution >= 4 is 35.8 Å². The summed E-state index contributed by atoms with van der Waals surface area (Å²) in [4.78, 5) is 56.4. The Balaban J connectivity index is 0.000000289. The summed E-state index contributed by atoms with van der Waals surface area (Å²) in [6.07, 6.45) is -1.01. The molecule has 0 radical (unpaired) electrons. The number of nitrogens with one attached hydrogen (secondary N) is 2. The molecular weight excluding hydrogens is 715 g/mol. The number of anilines is 2. The second-order valence-electron chi connectivity index (χ2n) is 15.1. The molecule has 0 bridgehead atoms. The zero-order valence-corrected chi connectivity index (χ0v) is 33.7. The maximum absolute atomic E-state index is 12.6. The Morgan fingerprint density at radius 1 is 0.836 bits per heavy atom. The van der Waals surface area contributed by atoms with Gasteiger partial charge in [-0.15, -0.1) is 9.78 Å². The van der Waals surface area contributed by atoms with Gasteiger partial charge in [0.15, 0.2) is 30.3 Å². The quantitative estimate of drug-likeness (QED) is 0.210. The van der Waals surface area contributed by atoms with Gasteiger partial charge in [-0.05, 0) is 48.5 Å². The Hall–Kier alpha value is -5.35. The van der Waals surface area contributed by atoms with Gasteiger partial charge < -0.3 is 28.7 Å². The molecule has 2 amide bonds. The molecule has 2 aliphatic rings. The van der Waals surface area contributed by atoms with Crippen LogP contribution in [0, 0.1) is 13.8 Å². The highest BCUT2D eigenvalue weighted by Crippen LogP contribution is 2.23. The summed E-state index contributed by atoms with van der Waals surface area (Å²) < 4.78 is 38.2. The van der Waals surface area contributed by atoms with E-state index in [0.717, 1.165) is 29.6 Å². The normalized spacial score (nSPS) is 17.5. The molecule has 2 aliphatic heterocycles. The average molecular weight is 775 g/mol. The highest BCUT2D eigenvalue weighted by atomic mass is 19.1. The van der Waals surface area contributed by atoms with Gasteiger partial charge in [-0.2, -0.15) is 5.10 Å². The number of H-pyrrole nitrogens is 2. The molecule has 4 heterocycles. The van der Waals surface area contributed by atoms with Crippen molar-refractivity contribution < 1.29 is 48.6 Å². The van der Waals surface area contributed by atoms with Crippen molar-refractivity contribution in [1.29, 1.82) is 0 Å².